The summed E-state index contributed by atoms with van der Waals surface area (Å²) in [5, 5.41) is 2.86. The van der Waals surface area contributed by atoms with Gasteiger partial charge in [0.1, 0.15) is 5.37 Å². The number of carbonyl (C=O) groups is 2. The van der Waals surface area contributed by atoms with Crippen LogP contribution in [0.25, 0.3) is 0 Å². The van der Waals surface area contributed by atoms with Gasteiger partial charge in [0, 0.05) is 17.8 Å². The van der Waals surface area contributed by atoms with Gasteiger partial charge in [0.25, 0.3) is 0 Å². The van der Waals surface area contributed by atoms with E-state index in [0.29, 0.717) is 18.1 Å². The van der Waals surface area contributed by atoms with Crippen LogP contribution in [0.1, 0.15) is 56.0 Å². The highest BCUT2D eigenvalue weighted by Crippen LogP contribution is 2.42. The molecule has 27 heavy (non-hydrogen) atoms. The minimum absolute atomic E-state index is 0.0301. The smallest absolute Gasteiger partial charge is 0.238 e. The molecule has 1 saturated heterocycles. The van der Waals surface area contributed by atoms with Gasteiger partial charge in [0.2, 0.25) is 11.8 Å². The van der Waals surface area contributed by atoms with Gasteiger partial charge in [-0.1, -0.05) is 45.0 Å². The predicted molar refractivity (Wildman–Crippen MR) is 113 cm³/mol. The first-order chi connectivity index (χ1) is 13.0. The zero-order valence-electron chi connectivity index (χ0n) is 16.1. The van der Waals surface area contributed by atoms with Gasteiger partial charge in [-0.05, 0) is 47.7 Å². The van der Waals surface area contributed by atoms with Gasteiger partial charge in [-0.2, -0.15) is 0 Å². The lowest BCUT2D eigenvalue weighted by Gasteiger charge is -2.25. The second kappa shape index (κ2) is 8.61. The lowest BCUT2D eigenvalue weighted by molar-refractivity contribution is -0.116. The van der Waals surface area contributed by atoms with Crippen LogP contribution in [0.4, 0.5) is 11.4 Å². The Kier molecular flexibility index (Phi) is 6.22. The number of benzene rings is 2. The first-order valence-electron chi connectivity index (χ1n) is 9.43. The topological polar surface area (TPSA) is 49.4 Å². The molecule has 0 saturated carbocycles. The van der Waals surface area contributed by atoms with Crippen molar-refractivity contribution in [3.05, 3.63) is 59.7 Å². The summed E-state index contributed by atoms with van der Waals surface area (Å²) in [6, 6.07) is 16.1. The van der Waals surface area contributed by atoms with E-state index >= 15 is 0 Å². The van der Waals surface area contributed by atoms with Gasteiger partial charge in [-0.25, -0.2) is 0 Å². The summed E-state index contributed by atoms with van der Waals surface area (Å²) < 4.78 is 0. The summed E-state index contributed by atoms with van der Waals surface area (Å²) in [5.74, 6) is 1.10. The summed E-state index contributed by atoms with van der Waals surface area (Å²) in [6.07, 6.45) is 1.35. The number of amides is 2. The third-order valence-corrected chi connectivity index (χ3v) is 5.87. The molecule has 2 aromatic rings. The zero-order chi connectivity index (χ0) is 19.4. The van der Waals surface area contributed by atoms with Gasteiger partial charge in [0.15, 0.2) is 0 Å². The molecule has 1 N–H and O–H groups in total. The maximum absolute atomic E-state index is 12.5. The number of nitrogens with zero attached hydrogens (tertiary/aromatic N) is 1. The Labute approximate surface area is 165 Å². The monoisotopic (exact) mass is 382 g/mol. The SMILES string of the molecule is CCCC(=O)Nc1ccc([C@@H]2SCC(=O)N2c2ccc(C(C)C)cc2)cc1. The largest absolute Gasteiger partial charge is 0.326 e. The molecule has 0 radical (unpaired) electrons. The van der Waals surface area contributed by atoms with Crippen molar-refractivity contribution in [1.29, 1.82) is 0 Å². The van der Waals surface area contributed by atoms with Crippen LogP contribution in [0.15, 0.2) is 48.5 Å². The molecular weight excluding hydrogens is 356 g/mol. The molecule has 2 amide bonds. The molecular formula is C22H26N2O2S. The minimum Gasteiger partial charge on any atom is -0.326 e. The summed E-state index contributed by atoms with van der Waals surface area (Å²) in [6.45, 7) is 6.31. The molecule has 1 atom stereocenters. The van der Waals surface area contributed by atoms with E-state index in [1.54, 1.807) is 11.8 Å². The maximum atomic E-state index is 12.5. The fourth-order valence-corrected chi connectivity index (χ4v) is 4.33. The fraction of sp³-hybridized carbons (Fsp3) is 0.364. The second-order valence-electron chi connectivity index (χ2n) is 7.09. The van der Waals surface area contributed by atoms with E-state index in [-0.39, 0.29) is 17.2 Å². The third-order valence-electron chi connectivity index (χ3n) is 4.66. The van der Waals surface area contributed by atoms with Crippen LogP contribution in [-0.4, -0.2) is 17.6 Å². The van der Waals surface area contributed by atoms with Crippen LogP contribution < -0.4 is 10.2 Å². The minimum atomic E-state index is -0.0391. The number of thioether (sulfide) groups is 1. The molecule has 1 aliphatic heterocycles. The average molecular weight is 383 g/mol. The molecule has 0 bridgehead atoms. The molecule has 5 heteroatoms. The van der Waals surface area contributed by atoms with E-state index in [1.165, 1.54) is 5.56 Å². The quantitative estimate of drug-likeness (QED) is 0.735. The number of rotatable bonds is 6. The van der Waals surface area contributed by atoms with E-state index in [4.69, 9.17) is 0 Å². The third kappa shape index (κ3) is 4.53. The van der Waals surface area contributed by atoms with E-state index < -0.39 is 0 Å². The van der Waals surface area contributed by atoms with Gasteiger partial charge in [-0.15, -0.1) is 11.8 Å². The molecule has 3 rings (SSSR count). The Morgan fingerprint density at radius 3 is 2.41 bits per heavy atom. The highest BCUT2D eigenvalue weighted by Gasteiger charge is 2.34. The zero-order valence-corrected chi connectivity index (χ0v) is 16.9. The van der Waals surface area contributed by atoms with Gasteiger partial charge >= 0.3 is 0 Å². The number of anilines is 2. The van der Waals surface area contributed by atoms with Crippen LogP contribution in [0.5, 0.6) is 0 Å². The Morgan fingerprint density at radius 2 is 1.81 bits per heavy atom. The van der Waals surface area contributed by atoms with E-state index in [1.807, 2.05) is 48.2 Å². The maximum Gasteiger partial charge on any atom is 0.238 e. The van der Waals surface area contributed by atoms with Crippen LogP contribution in [0, 0.1) is 0 Å². The fourth-order valence-electron chi connectivity index (χ4n) is 3.15. The molecule has 1 fully saturated rings. The van der Waals surface area contributed by atoms with Gasteiger partial charge in [-0.3, -0.25) is 14.5 Å². The predicted octanol–water partition coefficient (Wildman–Crippen LogP) is 5.33. The van der Waals surface area contributed by atoms with Crippen molar-refractivity contribution in [1.82, 2.24) is 0 Å². The van der Waals surface area contributed by atoms with Crippen LogP contribution in [-0.2, 0) is 9.59 Å². The Balaban J connectivity index is 1.78. The molecule has 1 aliphatic rings. The molecule has 4 nitrogen and oxygen atoms in total. The van der Waals surface area contributed by atoms with E-state index in [0.717, 1.165) is 23.4 Å². The highest BCUT2D eigenvalue weighted by molar-refractivity contribution is 8.00. The van der Waals surface area contributed by atoms with E-state index in [9.17, 15) is 9.59 Å². The number of hydrogen-bond donors (Lipinski definition) is 1. The lowest BCUT2D eigenvalue weighted by atomic mass is 10.0. The van der Waals surface area contributed by atoms with Crippen molar-refractivity contribution < 1.29 is 9.59 Å². The molecule has 1 heterocycles. The molecule has 2 aromatic carbocycles. The van der Waals surface area contributed by atoms with Crippen molar-refractivity contribution in [2.75, 3.05) is 16.0 Å². The molecule has 0 aromatic heterocycles. The molecule has 0 spiro atoms. The summed E-state index contributed by atoms with van der Waals surface area (Å²) in [4.78, 5) is 26.1. The second-order valence-corrected chi connectivity index (χ2v) is 8.16. The normalized spacial score (nSPS) is 16.8. The van der Waals surface area contributed by atoms with Crippen molar-refractivity contribution in [2.45, 2.75) is 44.9 Å². The standard InChI is InChI=1S/C22H26N2O2S/c1-4-5-20(25)23-18-10-6-17(7-11-18)22-24(21(26)14-27-22)19-12-8-16(9-13-19)15(2)3/h6-13,15,22H,4-5,14H2,1-3H3,(H,23,25)/t22-/m0/s1. The molecule has 142 valence electrons. The Morgan fingerprint density at radius 1 is 1.15 bits per heavy atom. The van der Waals surface area contributed by atoms with Crippen molar-refractivity contribution in [3.63, 3.8) is 0 Å². The van der Waals surface area contributed by atoms with Crippen LogP contribution in [0.3, 0.4) is 0 Å². The summed E-state index contributed by atoms with van der Waals surface area (Å²) >= 11 is 1.63. The Bertz CT molecular complexity index is 800. The number of hydrogen-bond acceptors (Lipinski definition) is 3. The number of nitrogens with one attached hydrogen (secondary N) is 1. The summed E-state index contributed by atoms with van der Waals surface area (Å²) in [5.41, 5.74) is 4.05. The average Bonchev–Trinajstić information content (AvgIpc) is 3.04. The lowest BCUT2D eigenvalue weighted by Crippen LogP contribution is -2.27. The number of carbonyl (C=O) groups excluding carboxylic acids is 2. The van der Waals surface area contributed by atoms with Gasteiger partial charge in [0.05, 0.1) is 5.75 Å². The first kappa shape index (κ1) is 19.5. The van der Waals surface area contributed by atoms with Crippen molar-refractivity contribution >= 4 is 35.0 Å². The van der Waals surface area contributed by atoms with Crippen molar-refractivity contribution in [3.8, 4) is 0 Å². The summed E-state index contributed by atoms with van der Waals surface area (Å²) in [7, 11) is 0. The van der Waals surface area contributed by atoms with Gasteiger partial charge < -0.3 is 5.32 Å². The van der Waals surface area contributed by atoms with Crippen LogP contribution >= 0.6 is 11.8 Å². The van der Waals surface area contributed by atoms with Crippen LogP contribution in [0.2, 0.25) is 0 Å². The highest BCUT2D eigenvalue weighted by atomic mass is 32.2. The molecule has 0 unspecified atom stereocenters. The first-order valence-corrected chi connectivity index (χ1v) is 10.5. The molecule has 0 aliphatic carbocycles. The Hall–Kier alpha value is -2.27. The van der Waals surface area contributed by atoms with Crippen molar-refractivity contribution in [2.24, 2.45) is 0 Å². The van der Waals surface area contributed by atoms with E-state index in [2.05, 4.69) is 31.3 Å².